The molecule has 170 valence electrons. The summed E-state index contributed by atoms with van der Waals surface area (Å²) in [6, 6.07) is 8.44. The molecule has 4 heteroatoms. The predicted octanol–water partition coefficient (Wildman–Crippen LogP) is 8.01. The van der Waals surface area contributed by atoms with Crippen molar-refractivity contribution >= 4 is 10.8 Å². The molecule has 0 amide bonds. The van der Waals surface area contributed by atoms with Crippen molar-refractivity contribution in [1.82, 2.24) is 0 Å². The van der Waals surface area contributed by atoms with Gasteiger partial charge in [-0.25, -0.2) is 8.78 Å². The van der Waals surface area contributed by atoms with Crippen LogP contribution in [0.25, 0.3) is 0 Å². The van der Waals surface area contributed by atoms with Gasteiger partial charge in [-0.15, -0.1) is 0 Å². The lowest BCUT2D eigenvalue weighted by atomic mass is 9.68. The summed E-state index contributed by atoms with van der Waals surface area (Å²) < 4.78 is 41.3. The van der Waals surface area contributed by atoms with Crippen molar-refractivity contribution in [3.05, 3.63) is 30.3 Å². The highest BCUT2D eigenvalue weighted by atomic mass is 32.2. The minimum atomic E-state index is -1.92. The highest BCUT2D eigenvalue weighted by Gasteiger charge is 2.34. The highest BCUT2D eigenvalue weighted by molar-refractivity contribution is 7.85. The molecule has 3 rings (SSSR count). The summed E-state index contributed by atoms with van der Waals surface area (Å²) in [6.07, 6.45) is 14.0. The van der Waals surface area contributed by atoms with E-state index in [-0.39, 0.29) is 12.3 Å². The Balaban J connectivity index is 1.37. The van der Waals surface area contributed by atoms with Crippen molar-refractivity contribution in [3.63, 3.8) is 0 Å². The highest BCUT2D eigenvalue weighted by Crippen LogP contribution is 2.43. The molecule has 1 nitrogen and oxygen atoms in total. The van der Waals surface area contributed by atoms with E-state index in [0.717, 1.165) is 30.6 Å². The average Bonchev–Trinajstić information content (AvgIpc) is 2.80. The van der Waals surface area contributed by atoms with Gasteiger partial charge in [-0.05, 0) is 67.9 Å². The van der Waals surface area contributed by atoms with Gasteiger partial charge < -0.3 is 0 Å². The fraction of sp³-hybridized carbons (Fsp3) is 0.769. The van der Waals surface area contributed by atoms with E-state index in [1.807, 2.05) is 0 Å². The van der Waals surface area contributed by atoms with E-state index in [1.54, 1.807) is 30.3 Å². The van der Waals surface area contributed by atoms with E-state index in [0.29, 0.717) is 4.90 Å². The molecule has 0 N–H and O–H groups in total. The van der Waals surface area contributed by atoms with Crippen molar-refractivity contribution in [3.8, 4) is 0 Å². The van der Waals surface area contributed by atoms with Crippen molar-refractivity contribution < 1.29 is 13.0 Å². The molecule has 0 aliphatic heterocycles. The first-order valence-corrected chi connectivity index (χ1v) is 13.5. The molecule has 1 aromatic carbocycles. The lowest BCUT2D eigenvalue weighted by Gasteiger charge is -2.38. The molecule has 0 spiro atoms. The van der Waals surface area contributed by atoms with Gasteiger partial charge in [0.25, 0.3) is 0 Å². The fourth-order valence-corrected chi connectivity index (χ4v) is 6.84. The van der Waals surface area contributed by atoms with Gasteiger partial charge in [-0.3, -0.25) is 4.21 Å². The van der Waals surface area contributed by atoms with Crippen LogP contribution in [-0.2, 0) is 10.8 Å². The Morgan fingerprint density at radius 1 is 0.867 bits per heavy atom. The van der Waals surface area contributed by atoms with Crippen LogP contribution in [0.4, 0.5) is 8.78 Å². The Hall–Kier alpha value is -0.770. The van der Waals surface area contributed by atoms with Crippen LogP contribution in [0.15, 0.2) is 35.2 Å². The van der Waals surface area contributed by atoms with Crippen molar-refractivity contribution in [2.75, 3.05) is 0 Å². The van der Waals surface area contributed by atoms with Crippen LogP contribution in [-0.4, -0.2) is 15.9 Å². The number of halogens is 2. The van der Waals surface area contributed by atoms with Gasteiger partial charge in [0.05, 0.1) is 10.8 Å². The molecule has 0 bridgehead atoms. The van der Waals surface area contributed by atoms with Crippen molar-refractivity contribution in [2.24, 2.45) is 23.7 Å². The SMILES string of the molecule is CCCCCC1CCC(C2CCC(C[C@@H](F)[C@H](F)S(=O)c3ccccc3)CC2)CC1. The second kappa shape index (κ2) is 12.3. The van der Waals surface area contributed by atoms with Crippen LogP contribution in [0, 0.1) is 23.7 Å². The van der Waals surface area contributed by atoms with E-state index in [9.17, 15) is 13.0 Å². The van der Waals surface area contributed by atoms with E-state index in [4.69, 9.17) is 0 Å². The van der Waals surface area contributed by atoms with Gasteiger partial charge in [0.15, 0.2) is 0 Å². The quantitative estimate of drug-likeness (QED) is 0.338. The molecule has 2 aliphatic carbocycles. The largest absolute Gasteiger partial charge is 0.251 e. The lowest BCUT2D eigenvalue weighted by molar-refractivity contribution is 0.119. The Labute approximate surface area is 184 Å². The topological polar surface area (TPSA) is 17.1 Å². The maximum atomic E-state index is 14.6. The molecular weight excluding hydrogens is 398 g/mol. The first-order valence-electron chi connectivity index (χ1n) is 12.3. The van der Waals surface area contributed by atoms with E-state index >= 15 is 0 Å². The summed E-state index contributed by atoms with van der Waals surface area (Å²) in [4.78, 5) is 0.377. The zero-order valence-corrected chi connectivity index (χ0v) is 19.4. The third-order valence-corrected chi connectivity index (χ3v) is 9.13. The van der Waals surface area contributed by atoms with Gasteiger partial charge in [0.2, 0.25) is 5.50 Å². The van der Waals surface area contributed by atoms with Crippen molar-refractivity contribution in [1.29, 1.82) is 0 Å². The fourth-order valence-electron chi connectivity index (χ4n) is 5.77. The summed E-state index contributed by atoms with van der Waals surface area (Å²) in [6.45, 7) is 2.27. The van der Waals surface area contributed by atoms with Crippen LogP contribution >= 0.6 is 0 Å². The Morgan fingerprint density at radius 2 is 1.43 bits per heavy atom. The summed E-state index contributed by atoms with van der Waals surface area (Å²) in [5, 5.41) is 0. The van der Waals surface area contributed by atoms with Gasteiger partial charge in [0, 0.05) is 4.90 Å². The Morgan fingerprint density at radius 3 is 2.00 bits per heavy atom. The van der Waals surface area contributed by atoms with Crippen LogP contribution in [0.5, 0.6) is 0 Å². The third kappa shape index (κ3) is 6.87. The normalized spacial score (nSPS) is 30.5. The molecule has 2 saturated carbocycles. The number of rotatable bonds is 10. The minimum Gasteiger partial charge on any atom is -0.251 e. The number of benzene rings is 1. The van der Waals surface area contributed by atoms with Gasteiger partial charge >= 0.3 is 0 Å². The molecular formula is C26H40F2OS. The molecule has 1 unspecified atom stereocenters. The number of alkyl halides is 2. The summed E-state index contributed by atoms with van der Waals surface area (Å²) in [7, 11) is -1.92. The number of hydrogen-bond acceptors (Lipinski definition) is 1. The Bertz CT molecular complexity index is 621. The summed E-state index contributed by atoms with van der Waals surface area (Å²) >= 11 is 0. The van der Waals surface area contributed by atoms with Gasteiger partial charge in [-0.2, -0.15) is 0 Å². The number of hydrogen-bond donors (Lipinski definition) is 0. The number of unbranched alkanes of at least 4 members (excludes halogenated alkanes) is 2. The van der Waals surface area contributed by atoms with Crippen LogP contribution in [0.1, 0.15) is 90.4 Å². The zero-order valence-electron chi connectivity index (χ0n) is 18.6. The second-order valence-electron chi connectivity index (χ2n) is 9.77. The second-order valence-corrected chi connectivity index (χ2v) is 11.3. The smallest absolute Gasteiger partial charge is 0.210 e. The molecule has 1 aromatic rings. The predicted molar refractivity (Wildman–Crippen MR) is 122 cm³/mol. The maximum Gasteiger partial charge on any atom is 0.210 e. The molecule has 2 aliphatic rings. The van der Waals surface area contributed by atoms with E-state index < -0.39 is 22.5 Å². The van der Waals surface area contributed by atoms with Crippen LogP contribution in [0.3, 0.4) is 0 Å². The van der Waals surface area contributed by atoms with Gasteiger partial charge in [0.1, 0.15) is 6.17 Å². The molecule has 0 aromatic heterocycles. The third-order valence-electron chi connectivity index (χ3n) is 7.69. The minimum absolute atomic E-state index is 0.219. The lowest BCUT2D eigenvalue weighted by Crippen LogP contribution is -2.29. The molecule has 0 radical (unpaired) electrons. The van der Waals surface area contributed by atoms with Crippen molar-refractivity contribution in [2.45, 2.75) is 107 Å². The maximum absolute atomic E-state index is 14.6. The van der Waals surface area contributed by atoms with Crippen LogP contribution < -0.4 is 0 Å². The zero-order chi connectivity index (χ0) is 21.3. The summed E-state index contributed by atoms with van der Waals surface area (Å²) in [5.74, 6) is 2.83. The standard InChI is InChI=1S/C26H40F2OS/c1-2-3-5-8-20-11-15-22(16-12-20)23-17-13-21(14-18-23)19-25(27)26(28)30(29)24-9-6-4-7-10-24/h4,6-7,9-10,20-23,25-26H,2-3,5,8,11-19H2,1H3/t20?,21?,22?,23?,25-,26-,30?/m1/s1. The van der Waals surface area contributed by atoms with E-state index in [1.165, 1.54) is 64.2 Å². The summed E-state index contributed by atoms with van der Waals surface area (Å²) in [5.41, 5.74) is -1.92. The molecule has 0 saturated heterocycles. The average molecular weight is 439 g/mol. The monoisotopic (exact) mass is 438 g/mol. The van der Waals surface area contributed by atoms with E-state index in [2.05, 4.69) is 6.92 Å². The van der Waals surface area contributed by atoms with Crippen LogP contribution in [0.2, 0.25) is 0 Å². The first-order chi connectivity index (χ1) is 14.6. The molecule has 30 heavy (non-hydrogen) atoms. The first kappa shape index (κ1) is 23.9. The molecule has 3 atom stereocenters. The Kier molecular flexibility index (Phi) is 9.80. The molecule has 2 fully saturated rings. The van der Waals surface area contributed by atoms with Gasteiger partial charge in [-0.1, -0.05) is 76.5 Å². The molecule has 0 heterocycles.